The van der Waals surface area contributed by atoms with Gasteiger partial charge in [-0.25, -0.2) is 4.98 Å². The molecule has 19 heavy (non-hydrogen) atoms. The van der Waals surface area contributed by atoms with E-state index in [4.69, 9.17) is 9.72 Å². The van der Waals surface area contributed by atoms with Gasteiger partial charge in [-0.3, -0.25) is 0 Å². The van der Waals surface area contributed by atoms with E-state index in [0.717, 1.165) is 39.1 Å². The molecule has 1 unspecified atom stereocenters. The highest BCUT2D eigenvalue weighted by Gasteiger charge is 2.35. The van der Waals surface area contributed by atoms with E-state index >= 15 is 0 Å². The summed E-state index contributed by atoms with van der Waals surface area (Å²) in [4.78, 5) is 6.04. The van der Waals surface area contributed by atoms with E-state index in [9.17, 15) is 0 Å². The molecule has 1 aliphatic rings. The molecular weight excluding hydrogens is 256 g/mol. The fourth-order valence-electron chi connectivity index (χ4n) is 2.55. The minimum Gasteiger partial charge on any atom is -0.381 e. The average Bonchev–Trinajstić information content (AvgIpc) is 2.88. The maximum atomic E-state index is 5.66. The van der Waals surface area contributed by atoms with Gasteiger partial charge in [0.2, 0.25) is 0 Å². The van der Waals surface area contributed by atoms with Crippen LogP contribution in [0.15, 0.2) is 0 Å². The molecule has 0 spiro atoms. The minimum absolute atomic E-state index is 0.256. The summed E-state index contributed by atoms with van der Waals surface area (Å²) in [6.45, 7) is 12.6. The molecule has 4 heteroatoms. The van der Waals surface area contributed by atoms with Gasteiger partial charge >= 0.3 is 0 Å². The molecule has 1 saturated heterocycles. The number of hydrogen-bond acceptors (Lipinski definition) is 4. The van der Waals surface area contributed by atoms with E-state index in [-0.39, 0.29) is 5.41 Å². The molecule has 2 heterocycles. The number of aryl methyl sites for hydroxylation is 2. The van der Waals surface area contributed by atoms with Crippen LogP contribution in [-0.2, 0) is 11.2 Å². The first kappa shape index (κ1) is 14.9. The van der Waals surface area contributed by atoms with Gasteiger partial charge < -0.3 is 10.1 Å². The molecule has 1 atom stereocenters. The summed E-state index contributed by atoms with van der Waals surface area (Å²) in [6, 6.07) is 0. The first-order valence-electron chi connectivity index (χ1n) is 7.22. The lowest BCUT2D eigenvalue weighted by Gasteiger charge is -2.27. The SMILES string of the molecule is Cc1nc(CC2(CNCC(C)C)CCOC2)sc1C. The second-order valence-electron chi connectivity index (χ2n) is 6.25. The Bertz CT molecular complexity index is 389. The molecule has 1 aromatic rings. The zero-order valence-electron chi connectivity index (χ0n) is 12.6. The van der Waals surface area contributed by atoms with Crippen LogP contribution in [0.4, 0.5) is 0 Å². The predicted octanol–water partition coefficient (Wildman–Crippen LogP) is 2.95. The summed E-state index contributed by atoms with van der Waals surface area (Å²) in [5.74, 6) is 0.698. The average molecular weight is 282 g/mol. The molecule has 2 rings (SSSR count). The number of thiazole rings is 1. The molecule has 0 saturated carbocycles. The van der Waals surface area contributed by atoms with E-state index in [2.05, 4.69) is 33.0 Å². The Morgan fingerprint density at radius 3 is 2.74 bits per heavy atom. The van der Waals surface area contributed by atoms with Gasteiger partial charge in [0.05, 0.1) is 17.3 Å². The van der Waals surface area contributed by atoms with Crippen LogP contribution in [0.5, 0.6) is 0 Å². The Morgan fingerprint density at radius 1 is 1.42 bits per heavy atom. The standard InChI is InChI=1S/C15H26N2OS/c1-11(2)8-16-9-15(5-6-18-10-15)7-14-17-12(3)13(4)19-14/h11,16H,5-10H2,1-4H3. The van der Waals surface area contributed by atoms with Crippen molar-refractivity contribution in [3.05, 3.63) is 15.6 Å². The highest BCUT2D eigenvalue weighted by Crippen LogP contribution is 2.34. The van der Waals surface area contributed by atoms with Crippen molar-refractivity contribution in [2.45, 2.75) is 40.5 Å². The van der Waals surface area contributed by atoms with Crippen molar-refractivity contribution in [1.29, 1.82) is 0 Å². The van der Waals surface area contributed by atoms with Gasteiger partial charge in [0.15, 0.2) is 0 Å². The first-order valence-corrected chi connectivity index (χ1v) is 8.04. The quantitative estimate of drug-likeness (QED) is 0.871. The van der Waals surface area contributed by atoms with Crippen LogP contribution in [0.25, 0.3) is 0 Å². The Morgan fingerprint density at radius 2 is 2.21 bits per heavy atom. The summed E-state index contributed by atoms with van der Waals surface area (Å²) < 4.78 is 5.66. The molecule has 1 fully saturated rings. The van der Waals surface area contributed by atoms with E-state index in [1.54, 1.807) is 0 Å². The van der Waals surface area contributed by atoms with Crippen molar-refractivity contribution in [1.82, 2.24) is 10.3 Å². The maximum Gasteiger partial charge on any atom is 0.0937 e. The second-order valence-corrected chi connectivity index (χ2v) is 7.54. The molecule has 108 valence electrons. The van der Waals surface area contributed by atoms with Crippen molar-refractivity contribution >= 4 is 11.3 Å². The van der Waals surface area contributed by atoms with Gasteiger partial charge in [-0.2, -0.15) is 0 Å². The lowest BCUT2D eigenvalue weighted by molar-refractivity contribution is 0.148. The third-order valence-electron chi connectivity index (χ3n) is 3.84. The van der Waals surface area contributed by atoms with Gasteiger partial charge in [-0.15, -0.1) is 11.3 Å². The van der Waals surface area contributed by atoms with Crippen LogP contribution in [0.3, 0.4) is 0 Å². The van der Waals surface area contributed by atoms with Crippen LogP contribution in [0.1, 0.15) is 35.8 Å². The van der Waals surface area contributed by atoms with E-state index < -0.39 is 0 Å². The van der Waals surface area contributed by atoms with Crippen LogP contribution in [0, 0.1) is 25.2 Å². The fourth-order valence-corrected chi connectivity index (χ4v) is 3.66. The summed E-state index contributed by atoms with van der Waals surface area (Å²) >= 11 is 1.85. The van der Waals surface area contributed by atoms with Crippen LogP contribution in [0.2, 0.25) is 0 Å². The van der Waals surface area contributed by atoms with Crippen molar-refractivity contribution in [2.24, 2.45) is 11.3 Å². The fraction of sp³-hybridized carbons (Fsp3) is 0.800. The van der Waals surface area contributed by atoms with Crippen molar-refractivity contribution in [3.8, 4) is 0 Å². The summed E-state index contributed by atoms with van der Waals surface area (Å²) in [6.07, 6.45) is 2.20. The van der Waals surface area contributed by atoms with Crippen molar-refractivity contribution < 1.29 is 4.74 Å². The molecule has 1 aliphatic heterocycles. The van der Waals surface area contributed by atoms with E-state index in [0.29, 0.717) is 5.92 Å². The van der Waals surface area contributed by atoms with Crippen LogP contribution >= 0.6 is 11.3 Å². The number of aromatic nitrogens is 1. The molecular formula is C15H26N2OS. The Labute approximate surface area is 120 Å². The van der Waals surface area contributed by atoms with Crippen molar-refractivity contribution in [2.75, 3.05) is 26.3 Å². The third-order valence-corrected chi connectivity index (χ3v) is 4.91. The highest BCUT2D eigenvalue weighted by molar-refractivity contribution is 7.11. The first-order chi connectivity index (χ1) is 9.01. The zero-order valence-corrected chi connectivity index (χ0v) is 13.4. The number of rotatable bonds is 6. The van der Waals surface area contributed by atoms with Crippen LogP contribution < -0.4 is 5.32 Å². The monoisotopic (exact) mass is 282 g/mol. The Kier molecular flexibility index (Phi) is 4.98. The van der Waals surface area contributed by atoms with Gasteiger partial charge in [0, 0.05) is 29.9 Å². The molecule has 0 bridgehead atoms. The molecule has 0 aliphatic carbocycles. The van der Waals surface area contributed by atoms with Gasteiger partial charge in [0.25, 0.3) is 0 Å². The molecule has 0 amide bonds. The maximum absolute atomic E-state index is 5.66. The third kappa shape index (κ3) is 4.01. The van der Waals surface area contributed by atoms with E-state index in [1.165, 1.54) is 15.6 Å². The largest absolute Gasteiger partial charge is 0.381 e. The molecule has 3 nitrogen and oxygen atoms in total. The van der Waals surface area contributed by atoms with E-state index in [1.807, 2.05) is 11.3 Å². The van der Waals surface area contributed by atoms with Gasteiger partial charge in [-0.05, 0) is 32.7 Å². The zero-order chi connectivity index (χ0) is 13.9. The molecule has 1 aromatic heterocycles. The smallest absolute Gasteiger partial charge is 0.0937 e. The highest BCUT2D eigenvalue weighted by atomic mass is 32.1. The summed E-state index contributed by atoms with van der Waals surface area (Å²) in [5, 5.41) is 4.88. The van der Waals surface area contributed by atoms with Gasteiger partial charge in [0.1, 0.15) is 0 Å². The number of hydrogen-bond donors (Lipinski definition) is 1. The molecule has 1 N–H and O–H groups in total. The minimum atomic E-state index is 0.256. The number of ether oxygens (including phenoxy) is 1. The summed E-state index contributed by atoms with van der Waals surface area (Å²) in [5.41, 5.74) is 1.44. The van der Waals surface area contributed by atoms with Crippen molar-refractivity contribution in [3.63, 3.8) is 0 Å². The Balaban J connectivity index is 1.98. The second kappa shape index (κ2) is 6.33. The van der Waals surface area contributed by atoms with Crippen LogP contribution in [-0.4, -0.2) is 31.3 Å². The lowest BCUT2D eigenvalue weighted by atomic mass is 9.84. The Hall–Kier alpha value is -0.450. The summed E-state index contributed by atoms with van der Waals surface area (Å²) in [7, 11) is 0. The van der Waals surface area contributed by atoms with Gasteiger partial charge in [-0.1, -0.05) is 13.8 Å². The lowest BCUT2D eigenvalue weighted by Crippen LogP contribution is -2.38. The topological polar surface area (TPSA) is 34.2 Å². The molecule has 0 radical (unpaired) electrons. The number of nitrogens with one attached hydrogen (secondary N) is 1. The normalized spacial score (nSPS) is 23.4. The number of nitrogens with zero attached hydrogens (tertiary/aromatic N) is 1. The molecule has 0 aromatic carbocycles. The predicted molar refractivity (Wildman–Crippen MR) is 80.9 cm³/mol.